The molecule has 1 aromatic rings. The van der Waals surface area contributed by atoms with Gasteiger partial charge >= 0.3 is 11.3 Å². The molecule has 15 heavy (non-hydrogen) atoms. The molecule has 0 heterocycles. The molecule has 0 aliphatic rings. The molecule has 84 valence electrons. The van der Waals surface area contributed by atoms with Crippen LogP contribution < -0.4 is 0 Å². The van der Waals surface area contributed by atoms with Crippen LogP contribution in [-0.2, 0) is 6.42 Å². The number of alkyl halides is 5. The van der Waals surface area contributed by atoms with E-state index in [1.165, 1.54) is 24.3 Å². The molecule has 1 rings (SSSR count). The van der Waals surface area contributed by atoms with E-state index < -0.39 is 17.7 Å². The fourth-order valence-corrected chi connectivity index (χ4v) is 1.29. The van der Waals surface area contributed by atoms with Gasteiger partial charge < -0.3 is 0 Å². The lowest BCUT2D eigenvalue weighted by Gasteiger charge is -2.20. The van der Waals surface area contributed by atoms with Gasteiger partial charge in [0.2, 0.25) is 0 Å². The second-order valence-electron chi connectivity index (χ2n) is 3.01. The SMILES string of the molecule is FC(F)(Cl)C(F)(F)Cc1ccc(Br)cc1. The quantitative estimate of drug-likeness (QED) is 0.571. The summed E-state index contributed by atoms with van der Waals surface area (Å²) in [5, 5.41) is -4.53. The van der Waals surface area contributed by atoms with Crippen LogP contribution in [0, 0.1) is 0 Å². The second kappa shape index (κ2) is 4.29. The zero-order valence-electron chi connectivity index (χ0n) is 7.28. The first-order valence-electron chi connectivity index (χ1n) is 3.91. The van der Waals surface area contributed by atoms with Crippen LogP contribution in [0.2, 0.25) is 0 Å². The molecule has 0 N–H and O–H groups in total. The lowest BCUT2D eigenvalue weighted by atomic mass is 10.1. The van der Waals surface area contributed by atoms with E-state index in [9.17, 15) is 17.6 Å². The molecular formula is C9H6BrClF4. The molecule has 0 amide bonds. The van der Waals surface area contributed by atoms with Crippen LogP contribution in [0.3, 0.4) is 0 Å². The first-order chi connectivity index (χ1) is 6.72. The predicted octanol–water partition coefficient (Wildman–Crippen LogP) is 4.46. The third kappa shape index (κ3) is 3.34. The molecule has 0 saturated heterocycles. The predicted molar refractivity (Wildman–Crippen MR) is 53.6 cm³/mol. The van der Waals surface area contributed by atoms with Crippen molar-refractivity contribution in [2.75, 3.05) is 0 Å². The van der Waals surface area contributed by atoms with E-state index in [0.29, 0.717) is 4.47 Å². The summed E-state index contributed by atoms with van der Waals surface area (Å²) in [6, 6.07) is 5.66. The Morgan fingerprint density at radius 3 is 1.93 bits per heavy atom. The van der Waals surface area contributed by atoms with Crippen molar-refractivity contribution in [1.29, 1.82) is 0 Å². The van der Waals surface area contributed by atoms with Gasteiger partial charge in [-0.05, 0) is 29.3 Å². The van der Waals surface area contributed by atoms with Gasteiger partial charge in [-0.2, -0.15) is 17.6 Å². The normalized spacial score (nSPS) is 12.9. The maximum Gasteiger partial charge on any atom is 0.384 e. The van der Waals surface area contributed by atoms with Crippen molar-refractivity contribution in [3.63, 3.8) is 0 Å². The molecule has 0 saturated carbocycles. The van der Waals surface area contributed by atoms with E-state index in [-0.39, 0.29) is 5.56 Å². The molecule has 0 spiro atoms. The second-order valence-corrected chi connectivity index (χ2v) is 4.40. The maximum absolute atomic E-state index is 12.8. The average Bonchev–Trinajstić information content (AvgIpc) is 2.06. The average molecular weight is 305 g/mol. The Balaban J connectivity index is 2.82. The standard InChI is InChI=1S/C9H6BrClF4/c10-7-3-1-6(2-4-7)5-8(12,13)9(11,14)15/h1-4H,5H2. The van der Waals surface area contributed by atoms with Crippen LogP contribution >= 0.6 is 27.5 Å². The van der Waals surface area contributed by atoms with Crippen LogP contribution in [0.15, 0.2) is 28.7 Å². The van der Waals surface area contributed by atoms with Crippen molar-refractivity contribution in [2.24, 2.45) is 0 Å². The topological polar surface area (TPSA) is 0 Å². The van der Waals surface area contributed by atoms with Crippen molar-refractivity contribution in [3.8, 4) is 0 Å². The first kappa shape index (κ1) is 12.8. The summed E-state index contributed by atoms with van der Waals surface area (Å²) in [7, 11) is 0. The molecule has 0 bridgehead atoms. The summed E-state index contributed by atoms with van der Waals surface area (Å²) in [6.45, 7) is 0. The van der Waals surface area contributed by atoms with Gasteiger partial charge in [-0.15, -0.1) is 0 Å². The number of rotatable bonds is 3. The highest BCUT2D eigenvalue weighted by Gasteiger charge is 2.54. The number of halogens is 6. The van der Waals surface area contributed by atoms with Crippen LogP contribution in [-0.4, -0.2) is 11.3 Å². The van der Waals surface area contributed by atoms with Crippen molar-refractivity contribution >= 4 is 27.5 Å². The minimum atomic E-state index is -4.53. The smallest absolute Gasteiger partial charge is 0.198 e. The molecule has 0 aromatic heterocycles. The lowest BCUT2D eigenvalue weighted by molar-refractivity contribution is -0.155. The molecule has 0 nitrogen and oxygen atoms in total. The van der Waals surface area contributed by atoms with E-state index in [1.807, 2.05) is 0 Å². The fourth-order valence-electron chi connectivity index (χ4n) is 0.959. The van der Waals surface area contributed by atoms with Crippen molar-refractivity contribution in [3.05, 3.63) is 34.3 Å². The molecule has 0 unspecified atom stereocenters. The van der Waals surface area contributed by atoms with Gasteiger partial charge in [0.05, 0.1) is 0 Å². The van der Waals surface area contributed by atoms with Crippen molar-refractivity contribution < 1.29 is 17.6 Å². The van der Waals surface area contributed by atoms with Gasteiger partial charge in [-0.25, -0.2) is 0 Å². The number of benzene rings is 1. The largest absolute Gasteiger partial charge is 0.384 e. The molecule has 6 heteroatoms. The summed E-state index contributed by atoms with van der Waals surface area (Å²) in [5.41, 5.74) is 0.100. The molecule has 0 fully saturated rings. The molecule has 0 aliphatic carbocycles. The molecule has 0 aliphatic heterocycles. The van der Waals surface area contributed by atoms with Crippen LogP contribution in [0.5, 0.6) is 0 Å². The first-order valence-corrected chi connectivity index (χ1v) is 5.08. The Labute approximate surface area is 97.4 Å². The lowest BCUT2D eigenvalue weighted by Crippen LogP contribution is -2.37. The Morgan fingerprint density at radius 1 is 1.07 bits per heavy atom. The van der Waals surface area contributed by atoms with Gasteiger partial charge in [-0.1, -0.05) is 28.1 Å². The molecular weight excluding hydrogens is 299 g/mol. The van der Waals surface area contributed by atoms with Crippen LogP contribution in [0.25, 0.3) is 0 Å². The van der Waals surface area contributed by atoms with E-state index in [4.69, 9.17) is 0 Å². The van der Waals surface area contributed by atoms with E-state index >= 15 is 0 Å². The molecule has 1 aromatic carbocycles. The van der Waals surface area contributed by atoms with Crippen molar-refractivity contribution in [2.45, 2.75) is 17.7 Å². The Kier molecular flexibility index (Phi) is 3.66. The number of hydrogen-bond acceptors (Lipinski definition) is 0. The van der Waals surface area contributed by atoms with Gasteiger partial charge in [-0.3, -0.25) is 0 Å². The van der Waals surface area contributed by atoms with Gasteiger partial charge in [0.1, 0.15) is 0 Å². The van der Waals surface area contributed by atoms with Crippen LogP contribution in [0.1, 0.15) is 5.56 Å². The monoisotopic (exact) mass is 304 g/mol. The number of hydrogen-bond donors (Lipinski definition) is 0. The van der Waals surface area contributed by atoms with E-state index in [0.717, 1.165) is 0 Å². The summed E-state index contributed by atoms with van der Waals surface area (Å²) < 4.78 is 50.9. The highest BCUT2D eigenvalue weighted by atomic mass is 79.9. The fraction of sp³-hybridized carbons (Fsp3) is 0.333. The Hall–Kier alpha value is -0.290. The summed E-state index contributed by atoms with van der Waals surface area (Å²) in [6.07, 6.45) is -1.09. The minimum absolute atomic E-state index is 0.100. The maximum atomic E-state index is 12.8. The highest BCUT2D eigenvalue weighted by molar-refractivity contribution is 9.10. The van der Waals surface area contributed by atoms with E-state index in [1.54, 1.807) is 0 Å². The van der Waals surface area contributed by atoms with Crippen molar-refractivity contribution in [1.82, 2.24) is 0 Å². The Morgan fingerprint density at radius 2 is 1.53 bits per heavy atom. The minimum Gasteiger partial charge on any atom is -0.198 e. The van der Waals surface area contributed by atoms with Gasteiger partial charge in [0.25, 0.3) is 0 Å². The van der Waals surface area contributed by atoms with Gasteiger partial charge in [0, 0.05) is 10.9 Å². The third-order valence-corrected chi connectivity index (χ3v) is 2.56. The summed E-state index contributed by atoms with van der Waals surface area (Å²) >= 11 is 7.42. The Bertz CT molecular complexity index is 331. The third-order valence-electron chi connectivity index (χ3n) is 1.75. The zero-order chi connectivity index (χ0) is 11.7. The summed E-state index contributed by atoms with van der Waals surface area (Å²) in [4.78, 5) is 0. The molecule has 0 radical (unpaired) electrons. The zero-order valence-corrected chi connectivity index (χ0v) is 9.63. The summed E-state index contributed by atoms with van der Waals surface area (Å²) in [5.74, 6) is -4.25. The van der Waals surface area contributed by atoms with E-state index in [2.05, 4.69) is 27.5 Å². The molecule has 0 atom stereocenters. The van der Waals surface area contributed by atoms with Crippen LogP contribution in [0.4, 0.5) is 17.6 Å². The highest BCUT2D eigenvalue weighted by Crippen LogP contribution is 2.40. The van der Waals surface area contributed by atoms with Gasteiger partial charge in [0.15, 0.2) is 0 Å².